The predicted molar refractivity (Wildman–Crippen MR) is 136 cm³/mol. The summed E-state index contributed by atoms with van der Waals surface area (Å²) in [4.78, 5) is 9.59. The average Bonchev–Trinajstić information content (AvgIpc) is 3.10. The second-order valence-electron chi connectivity index (χ2n) is 7.38. The van der Waals surface area contributed by atoms with Crippen molar-refractivity contribution in [1.82, 2.24) is 29.9 Å². The topological polar surface area (TPSA) is 70.8 Å². The number of nitrogens with one attached hydrogen (secondary N) is 1. The molecule has 0 aliphatic carbocycles. The van der Waals surface area contributed by atoms with Crippen LogP contribution in [0.1, 0.15) is 17.2 Å². The zero-order valence-electron chi connectivity index (χ0n) is 18.7. The molecule has 170 valence electrons. The van der Waals surface area contributed by atoms with Crippen molar-refractivity contribution in [3.8, 4) is 0 Å². The number of halogens is 1. The largest absolute Gasteiger partial charge is 0.383 e. The summed E-state index contributed by atoms with van der Waals surface area (Å²) < 4.78 is 7.16. The molecule has 1 aliphatic heterocycles. The Morgan fingerprint density at radius 1 is 1.16 bits per heavy atom. The van der Waals surface area contributed by atoms with Gasteiger partial charge in [0.2, 0.25) is 0 Å². The lowest BCUT2D eigenvalue weighted by Gasteiger charge is -2.36. The van der Waals surface area contributed by atoms with Crippen molar-refractivity contribution in [3.63, 3.8) is 0 Å². The van der Waals surface area contributed by atoms with E-state index in [2.05, 4.69) is 61.7 Å². The molecule has 0 unspecified atom stereocenters. The highest BCUT2D eigenvalue weighted by Crippen LogP contribution is 2.06. The zero-order chi connectivity index (χ0) is 21.2. The van der Waals surface area contributed by atoms with Crippen molar-refractivity contribution >= 4 is 36.0 Å². The molecule has 1 N–H and O–H groups in total. The van der Waals surface area contributed by atoms with Crippen LogP contribution in [0.4, 0.5) is 0 Å². The molecular weight excluding hydrogens is 505 g/mol. The van der Waals surface area contributed by atoms with Gasteiger partial charge in [-0.05, 0) is 12.5 Å². The van der Waals surface area contributed by atoms with E-state index in [0.29, 0.717) is 13.2 Å². The number of aryl methyl sites for hydroxylation is 1. The van der Waals surface area contributed by atoms with Gasteiger partial charge in [0, 0.05) is 53.4 Å². The molecule has 0 bridgehead atoms. The Hall–Kier alpha value is -1.98. The third-order valence-electron chi connectivity index (χ3n) is 5.29. The Balaban J connectivity index is 0.00000341. The van der Waals surface area contributed by atoms with Crippen LogP contribution < -0.4 is 5.32 Å². The van der Waals surface area contributed by atoms with Crippen LogP contribution in [0.3, 0.4) is 0 Å². The number of aromatic nitrogens is 3. The molecule has 0 saturated carbocycles. The van der Waals surface area contributed by atoms with Gasteiger partial charge in [-0.25, -0.2) is 4.99 Å². The van der Waals surface area contributed by atoms with Crippen LogP contribution in [0.15, 0.2) is 41.4 Å². The van der Waals surface area contributed by atoms with E-state index in [0.717, 1.165) is 56.9 Å². The third-order valence-corrected chi connectivity index (χ3v) is 5.29. The molecule has 31 heavy (non-hydrogen) atoms. The van der Waals surface area contributed by atoms with E-state index < -0.39 is 0 Å². The van der Waals surface area contributed by atoms with Crippen LogP contribution in [0.2, 0.25) is 0 Å². The number of benzene rings is 1. The van der Waals surface area contributed by atoms with Gasteiger partial charge >= 0.3 is 0 Å². The number of hydrogen-bond donors (Lipinski definition) is 1. The molecule has 2 heterocycles. The maximum absolute atomic E-state index is 5.18. The minimum absolute atomic E-state index is 0. The summed E-state index contributed by atoms with van der Waals surface area (Å²) in [5.41, 5.74) is 1.24. The Kier molecular flexibility index (Phi) is 11.0. The zero-order valence-corrected chi connectivity index (χ0v) is 21.0. The minimum atomic E-state index is 0. The summed E-state index contributed by atoms with van der Waals surface area (Å²) in [6, 6.07) is 10.4. The van der Waals surface area contributed by atoms with Crippen LogP contribution in [-0.2, 0) is 18.3 Å². The highest BCUT2D eigenvalue weighted by atomic mass is 127. The Labute approximate surface area is 202 Å². The molecule has 8 nitrogen and oxygen atoms in total. The van der Waals surface area contributed by atoms with E-state index in [4.69, 9.17) is 9.73 Å². The molecule has 1 saturated heterocycles. The second kappa shape index (κ2) is 13.4. The quantitative estimate of drug-likeness (QED) is 0.240. The standard InChI is InChI=1S/C22H33N7O.HI/c1-19-25-26-21(27(19)2)18-24-22(23-11-17-30-3)29-15-13-28(14-16-29)12-7-10-20-8-5-4-6-9-20;/h4-10H,11-18H2,1-3H3,(H,23,24);1H/b10-7+;. The van der Waals surface area contributed by atoms with Gasteiger partial charge in [-0.1, -0.05) is 42.5 Å². The molecule has 0 atom stereocenters. The van der Waals surface area contributed by atoms with Gasteiger partial charge in [0.05, 0.1) is 6.61 Å². The molecule has 1 aromatic heterocycles. The summed E-state index contributed by atoms with van der Waals surface area (Å²) in [6.45, 7) is 8.69. The summed E-state index contributed by atoms with van der Waals surface area (Å²) in [5.74, 6) is 2.67. The molecule has 2 aromatic rings. The van der Waals surface area contributed by atoms with Crippen LogP contribution >= 0.6 is 24.0 Å². The Morgan fingerprint density at radius 2 is 1.90 bits per heavy atom. The Morgan fingerprint density at radius 3 is 2.55 bits per heavy atom. The lowest BCUT2D eigenvalue weighted by Crippen LogP contribution is -2.52. The van der Waals surface area contributed by atoms with Gasteiger partial charge in [0.1, 0.15) is 12.4 Å². The van der Waals surface area contributed by atoms with Crippen molar-refractivity contribution in [3.05, 3.63) is 53.6 Å². The van der Waals surface area contributed by atoms with Crippen molar-refractivity contribution in [2.24, 2.45) is 12.0 Å². The van der Waals surface area contributed by atoms with E-state index in [9.17, 15) is 0 Å². The third kappa shape index (κ3) is 7.89. The molecule has 1 aliphatic rings. The predicted octanol–water partition coefficient (Wildman–Crippen LogP) is 2.16. The van der Waals surface area contributed by atoms with Gasteiger partial charge in [-0.2, -0.15) is 0 Å². The van der Waals surface area contributed by atoms with Gasteiger partial charge in [0.15, 0.2) is 11.8 Å². The molecule has 1 fully saturated rings. The van der Waals surface area contributed by atoms with Gasteiger partial charge in [-0.3, -0.25) is 4.90 Å². The first kappa shape index (κ1) is 25.3. The number of methoxy groups -OCH3 is 1. The highest BCUT2D eigenvalue weighted by molar-refractivity contribution is 14.0. The molecule has 0 radical (unpaired) electrons. The van der Waals surface area contributed by atoms with Gasteiger partial charge in [-0.15, -0.1) is 34.2 Å². The maximum atomic E-state index is 5.18. The molecular formula is C22H34IN7O. The highest BCUT2D eigenvalue weighted by Gasteiger charge is 2.19. The lowest BCUT2D eigenvalue weighted by molar-refractivity contribution is 0.187. The first-order valence-corrected chi connectivity index (χ1v) is 10.5. The van der Waals surface area contributed by atoms with Crippen molar-refractivity contribution in [2.75, 3.05) is 53.0 Å². The van der Waals surface area contributed by atoms with E-state index in [1.165, 1.54) is 5.56 Å². The number of nitrogens with zero attached hydrogens (tertiary/aromatic N) is 6. The van der Waals surface area contributed by atoms with Crippen molar-refractivity contribution in [1.29, 1.82) is 0 Å². The summed E-state index contributed by atoms with van der Waals surface area (Å²) in [5, 5.41) is 11.8. The number of hydrogen-bond acceptors (Lipinski definition) is 5. The van der Waals surface area contributed by atoms with E-state index in [1.807, 2.05) is 24.6 Å². The smallest absolute Gasteiger partial charge is 0.194 e. The molecule has 0 amide bonds. The van der Waals surface area contributed by atoms with Crippen molar-refractivity contribution < 1.29 is 4.74 Å². The van der Waals surface area contributed by atoms with Crippen LogP contribution in [0.5, 0.6) is 0 Å². The summed E-state index contributed by atoms with van der Waals surface area (Å²) in [7, 11) is 3.68. The normalized spacial score (nSPS) is 15.3. The first-order chi connectivity index (χ1) is 14.7. The Bertz CT molecular complexity index is 830. The van der Waals surface area contributed by atoms with E-state index in [1.54, 1.807) is 7.11 Å². The fourth-order valence-corrected chi connectivity index (χ4v) is 3.31. The monoisotopic (exact) mass is 539 g/mol. The number of rotatable bonds is 8. The van der Waals surface area contributed by atoms with E-state index in [-0.39, 0.29) is 24.0 Å². The second-order valence-corrected chi connectivity index (χ2v) is 7.38. The van der Waals surface area contributed by atoms with Crippen LogP contribution in [0, 0.1) is 6.92 Å². The summed E-state index contributed by atoms with van der Waals surface area (Å²) >= 11 is 0. The fraction of sp³-hybridized carbons (Fsp3) is 0.500. The number of aliphatic imine (C=N–C) groups is 1. The van der Waals surface area contributed by atoms with Gasteiger partial charge in [0.25, 0.3) is 0 Å². The summed E-state index contributed by atoms with van der Waals surface area (Å²) in [6.07, 6.45) is 4.43. The molecule has 3 rings (SSSR count). The molecule has 9 heteroatoms. The first-order valence-electron chi connectivity index (χ1n) is 10.5. The number of piperazine rings is 1. The van der Waals surface area contributed by atoms with E-state index >= 15 is 0 Å². The molecule has 1 aromatic carbocycles. The fourth-order valence-electron chi connectivity index (χ4n) is 3.31. The maximum Gasteiger partial charge on any atom is 0.194 e. The average molecular weight is 539 g/mol. The van der Waals surface area contributed by atoms with Crippen LogP contribution in [0.25, 0.3) is 6.08 Å². The minimum Gasteiger partial charge on any atom is -0.383 e. The van der Waals surface area contributed by atoms with Crippen molar-refractivity contribution in [2.45, 2.75) is 13.5 Å². The number of ether oxygens (including phenoxy) is 1. The van der Waals surface area contributed by atoms with Gasteiger partial charge < -0.3 is 19.5 Å². The van der Waals surface area contributed by atoms with Crippen LogP contribution in [-0.4, -0.2) is 83.5 Å². The molecule has 0 spiro atoms. The number of guanidine groups is 1. The lowest BCUT2D eigenvalue weighted by atomic mass is 10.2. The SMILES string of the molecule is COCCNC(=NCc1nnc(C)n1C)N1CCN(C/C=C/c2ccccc2)CC1.I.